The molecule has 1 aromatic heterocycles. The van der Waals surface area contributed by atoms with Crippen molar-refractivity contribution >= 4 is 17.4 Å². The standard InChI is InChI=1S/C21H20N4O2S/c1-3-12-26-15-9-7-8-14(13-15)19-22-17-11-6-5-10-16(17)18-20(27-19)23-21(25-24-18)28-4-2/h3,5-11,13,19,22H,1,4,12H2,2H3/t19-/m1/s1. The lowest BCUT2D eigenvalue weighted by molar-refractivity contribution is 0.224. The summed E-state index contributed by atoms with van der Waals surface area (Å²) in [6.45, 7) is 6.19. The summed E-state index contributed by atoms with van der Waals surface area (Å²) < 4.78 is 11.9. The Balaban J connectivity index is 1.75. The molecule has 2 aromatic carbocycles. The molecule has 4 rings (SSSR count). The highest BCUT2D eigenvalue weighted by Crippen LogP contribution is 2.39. The van der Waals surface area contributed by atoms with Crippen LogP contribution in [0.25, 0.3) is 11.3 Å². The van der Waals surface area contributed by atoms with Gasteiger partial charge in [-0.05, 0) is 24.0 Å². The van der Waals surface area contributed by atoms with Crippen LogP contribution in [0.1, 0.15) is 18.7 Å². The highest BCUT2D eigenvalue weighted by molar-refractivity contribution is 7.99. The molecule has 1 atom stereocenters. The van der Waals surface area contributed by atoms with Gasteiger partial charge in [-0.25, -0.2) is 0 Å². The van der Waals surface area contributed by atoms with Crippen molar-refractivity contribution in [2.75, 3.05) is 17.7 Å². The molecule has 1 N–H and O–H groups in total. The van der Waals surface area contributed by atoms with Crippen molar-refractivity contribution in [1.82, 2.24) is 15.2 Å². The van der Waals surface area contributed by atoms with E-state index < -0.39 is 6.23 Å². The van der Waals surface area contributed by atoms with Gasteiger partial charge in [0.25, 0.3) is 0 Å². The Bertz CT molecular complexity index is 996. The van der Waals surface area contributed by atoms with Crippen molar-refractivity contribution in [3.05, 3.63) is 66.7 Å². The summed E-state index contributed by atoms with van der Waals surface area (Å²) in [5, 5.41) is 12.7. The highest BCUT2D eigenvalue weighted by Gasteiger charge is 2.26. The summed E-state index contributed by atoms with van der Waals surface area (Å²) >= 11 is 1.53. The quantitative estimate of drug-likeness (QED) is 0.481. The summed E-state index contributed by atoms with van der Waals surface area (Å²) in [5.41, 5.74) is 3.38. The van der Waals surface area contributed by atoms with Crippen LogP contribution in [0.15, 0.2) is 66.3 Å². The second-order valence-electron chi connectivity index (χ2n) is 6.04. The van der Waals surface area contributed by atoms with E-state index in [0.29, 0.717) is 23.3 Å². The number of ether oxygens (including phenoxy) is 2. The second kappa shape index (κ2) is 8.31. The fourth-order valence-electron chi connectivity index (χ4n) is 2.91. The normalized spacial score (nSPS) is 14.7. The summed E-state index contributed by atoms with van der Waals surface area (Å²) in [6, 6.07) is 15.7. The molecule has 2 heterocycles. The van der Waals surface area contributed by atoms with E-state index in [1.165, 1.54) is 11.8 Å². The Morgan fingerprint density at radius 3 is 2.96 bits per heavy atom. The Morgan fingerprint density at radius 2 is 2.11 bits per heavy atom. The van der Waals surface area contributed by atoms with Gasteiger partial charge in [-0.15, -0.1) is 10.2 Å². The molecule has 0 saturated heterocycles. The number of rotatable bonds is 6. The molecular weight excluding hydrogens is 372 g/mol. The summed E-state index contributed by atoms with van der Waals surface area (Å²) in [7, 11) is 0. The predicted octanol–water partition coefficient (Wildman–Crippen LogP) is 4.72. The van der Waals surface area contributed by atoms with Crippen LogP contribution in [0.4, 0.5) is 5.69 Å². The van der Waals surface area contributed by atoms with Crippen molar-refractivity contribution in [3.63, 3.8) is 0 Å². The molecule has 0 aliphatic carbocycles. The molecule has 7 heteroatoms. The molecule has 0 amide bonds. The smallest absolute Gasteiger partial charge is 0.247 e. The SMILES string of the molecule is C=CCOc1cccc([C@@H]2Nc3ccccc3-c3nnc(SCC)nc3O2)c1. The third-order valence-corrected chi connectivity index (χ3v) is 4.86. The minimum Gasteiger partial charge on any atom is -0.490 e. The van der Waals surface area contributed by atoms with E-state index in [1.807, 2.05) is 48.5 Å². The first-order chi connectivity index (χ1) is 13.8. The van der Waals surface area contributed by atoms with Crippen LogP contribution in [0.5, 0.6) is 11.6 Å². The zero-order valence-corrected chi connectivity index (χ0v) is 16.3. The lowest BCUT2D eigenvalue weighted by Gasteiger charge is -2.20. The van der Waals surface area contributed by atoms with Crippen LogP contribution in [0.2, 0.25) is 0 Å². The topological polar surface area (TPSA) is 69.2 Å². The van der Waals surface area contributed by atoms with Gasteiger partial charge in [0.15, 0.2) is 11.9 Å². The van der Waals surface area contributed by atoms with E-state index in [1.54, 1.807) is 6.08 Å². The Labute approximate surface area is 168 Å². The number of nitrogens with one attached hydrogen (secondary N) is 1. The molecule has 1 aliphatic rings. The minimum atomic E-state index is -0.439. The lowest BCUT2D eigenvalue weighted by atomic mass is 10.1. The van der Waals surface area contributed by atoms with E-state index in [-0.39, 0.29) is 0 Å². The van der Waals surface area contributed by atoms with E-state index in [9.17, 15) is 0 Å². The highest BCUT2D eigenvalue weighted by atomic mass is 32.2. The van der Waals surface area contributed by atoms with E-state index in [0.717, 1.165) is 28.3 Å². The first-order valence-electron chi connectivity index (χ1n) is 9.02. The number of nitrogens with zero attached hydrogens (tertiary/aromatic N) is 3. The predicted molar refractivity (Wildman–Crippen MR) is 111 cm³/mol. The maximum atomic E-state index is 6.26. The molecule has 0 radical (unpaired) electrons. The summed E-state index contributed by atoms with van der Waals surface area (Å²) in [5.74, 6) is 2.08. The molecule has 0 unspecified atom stereocenters. The number of hydrogen-bond donors (Lipinski definition) is 1. The average molecular weight is 392 g/mol. The van der Waals surface area contributed by atoms with Gasteiger partial charge in [0, 0.05) is 16.8 Å². The third kappa shape index (κ3) is 3.80. The van der Waals surface area contributed by atoms with Crippen molar-refractivity contribution in [1.29, 1.82) is 0 Å². The lowest BCUT2D eigenvalue weighted by Crippen LogP contribution is -2.17. The van der Waals surface area contributed by atoms with Crippen LogP contribution in [-0.2, 0) is 0 Å². The summed E-state index contributed by atoms with van der Waals surface area (Å²) in [6.07, 6.45) is 1.28. The molecule has 0 spiro atoms. The van der Waals surface area contributed by atoms with E-state index >= 15 is 0 Å². The maximum absolute atomic E-state index is 6.26. The van der Waals surface area contributed by atoms with Crippen molar-refractivity contribution in [2.45, 2.75) is 18.3 Å². The zero-order chi connectivity index (χ0) is 19.3. The maximum Gasteiger partial charge on any atom is 0.247 e. The van der Waals surface area contributed by atoms with Crippen molar-refractivity contribution < 1.29 is 9.47 Å². The van der Waals surface area contributed by atoms with Crippen LogP contribution in [0.3, 0.4) is 0 Å². The van der Waals surface area contributed by atoms with E-state index in [4.69, 9.17) is 9.47 Å². The monoisotopic (exact) mass is 392 g/mol. The van der Waals surface area contributed by atoms with Crippen LogP contribution in [-0.4, -0.2) is 27.5 Å². The van der Waals surface area contributed by atoms with Gasteiger partial charge in [-0.2, -0.15) is 4.98 Å². The molecular formula is C21H20N4O2S. The molecule has 3 aromatic rings. The third-order valence-electron chi connectivity index (χ3n) is 4.14. The zero-order valence-electron chi connectivity index (χ0n) is 15.5. The van der Waals surface area contributed by atoms with Gasteiger partial charge < -0.3 is 14.8 Å². The first-order valence-corrected chi connectivity index (χ1v) is 10.0. The first kappa shape index (κ1) is 18.3. The number of hydrogen-bond acceptors (Lipinski definition) is 7. The molecule has 6 nitrogen and oxygen atoms in total. The largest absolute Gasteiger partial charge is 0.490 e. The number of benzene rings is 2. The van der Waals surface area contributed by atoms with Gasteiger partial charge in [0.2, 0.25) is 11.0 Å². The van der Waals surface area contributed by atoms with Crippen molar-refractivity contribution in [3.8, 4) is 22.9 Å². The molecule has 0 fully saturated rings. The molecule has 0 bridgehead atoms. The average Bonchev–Trinajstić information content (AvgIpc) is 2.89. The van der Waals surface area contributed by atoms with E-state index in [2.05, 4.69) is 34.0 Å². The Kier molecular flexibility index (Phi) is 5.43. The van der Waals surface area contributed by atoms with Gasteiger partial charge in [0.1, 0.15) is 12.4 Å². The Morgan fingerprint density at radius 1 is 1.21 bits per heavy atom. The van der Waals surface area contributed by atoms with Gasteiger partial charge >= 0.3 is 0 Å². The number of anilines is 1. The minimum absolute atomic E-state index is 0.439. The van der Waals surface area contributed by atoms with Crippen LogP contribution >= 0.6 is 11.8 Å². The van der Waals surface area contributed by atoms with Crippen LogP contribution < -0.4 is 14.8 Å². The second-order valence-corrected chi connectivity index (χ2v) is 7.27. The Hall–Kier alpha value is -3.06. The van der Waals surface area contributed by atoms with Crippen LogP contribution in [0, 0.1) is 0 Å². The van der Waals surface area contributed by atoms with Gasteiger partial charge in [-0.3, -0.25) is 0 Å². The number of thioether (sulfide) groups is 1. The molecule has 28 heavy (non-hydrogen) atoms. The fraction of sp³-hybridized carbons (Fsp3) is 0.190. The summed E-state index contributed by atoms with van der Waals surface area (Å²) in [4.78, 5) is 4.59. The van der Waals surface area contributed by atoms with Gasteiger partial charge in [0.05, 0.1) is 0 Å². The fourth-order valence-corrected chi connectivity index (χ4v) is 3.42. The number of para-hydroxylation sites is 1. The number of fused-ring (bicyclic) bond motifs is 3. The van der Waals surface area contributed by atoms with Gasteiger partial charge in [-0.1, -0.05) is 61.7 Å². The molecule has 0 saturated carbocycles. The molecule has 142 valence electrons. The number of aromatic nitrogens is 3. The van der Waals surface area contributed by atoms with Crippen molar-refractivity contribution in [2.24, 2.45) is 0 Å². The molecule has 1 aliphatic heterocycles.